The van der Waals surface area contributed by atoms with Gasteiger partial charge >= 0.3 is 6.09 Å². The molecule has 0 aliphatic heterocycles. The Morgan fingerprint density at radius 3 is 2.46 bits per heavy atom. The number of amides is 3. The molecule has 3 N–H and O–H groups in total. The van der Waals surface area contributed by atoms with Gasteiger partial charge in [0.1, 0.15) is 11.6 Å². The zero-order valence-electron chi connectivity index (χ0n) is 15.3. The molecule has 28 heavy (non-hydrogen) atoms. The van der Waals surface area contributed by atoms with E-state index in [0.29, 0.717) is 11.4 Å². The predicted molar refractivity (Wildman–Crippen MR) is 99.2 cm³/mol. The molecular formula is C19H20FN3O5. The number of halogens is 1. The maximum Gasteiger partial charge on any atom is 0.411 e. The fourth-order valence-corrected chi connectivity index (χ4v) is 2.09. The van der Waals surface area contributed by atoms with Crippen LogP contribution in [0.5, 0.6) is 5.75 Å². The summed E-state index contributed by atoms with van der Waals surface area (Å²) in [7, 11) is 0. The van der Waals surface area contributed by atoms with Gasteiger partial charge in [0.05, 0.1) is 6.61 Å². The van der Waals surface area contributed by atoms with Crippen molar-refractivity contribution in [3.63, 3.8) is 0 Å². The molecule has 0 fully saturated rings. The second-order valence-corrected chi connectivity index (χ2v) is 5.58. The van der Waals surface area contributed by atoms with Gasteiger partial charge in [0, 0.05) is 11.3 Å². The Hall–Kier alpha value is -3.62. The van der Waals surface area contributed by atoms with E-state index in [4.69, 9.17) is 9.47 Å². The number of carbonyl (C=O) groups excluding carboxylic acids is 3. The monoisotopic (exact) mass is 389 g/mol. The van der Waals surface area contributed by atoms with E-state index in [1.54, 1.807) is 19.1 Å². The van der Waals surface area contributed by atoms with Crippen LogP contribution in [-0.2, 0) is 9.53 Å². The molecule has 0 bridgehead atoms. The van der Waals surface area contributed by atoms with Crippen LogP contribution < -0.4 is 20.9 Å². The zero-order valence-corrected chi connectivity index (χ0v) is 15.3. The Balaban J connectivity index is 1.87. The number of ether oxygens (including phenoxy) is 2. The number of nitrogens with one attached hydrogen (secondary N) is 3. The molecule has 2 aromatic carbocycles. The second kappa shape index (κ2) is 9.91. The molecule has 8 nitrogen and oxygen atoms in total. The number of hydrogen-bond donors (Lipinski definition) is 3. The molecule has 0 radical (unpaired) electrons. The van der Waals surface area contributed by atoms with E-state index in [1.165, 1.54) is 43.3 Å². The van der Waals surface area contributed by atoms with Crippen molar-refractivity contribution in [1.82, 2.24) is 10.9 Å². The van der Waals surface area contributed by atoms with E-state index in [-0.39, 0.29) is 12.2 Å². The van der Waals surface area contributed by atoms with Crippen LogP contribution >= 0.6 is 0 Å². The highest BCUT2D eigenvalue weighted by atomic mass is 19.1. The summed E-state index contributed by atoms with van der Waals surface area (Å²) in [6, 6.07) is 11.3. The second-order valence-electron chi connectivity index (χ2n) is 5.58. The lowest BCUT2D eigenvalue weighted by molar-refractivity contribution is -0.128. The lowest BCUT2D eigenvalue weighted by Gasteiger charge is -2.15. The first-order chi connectivity index (χ1) is 13.4. The molecule has 3 amide bonds. The van der Waals surface area contributed by atoms with Gasteiger partial charge in [0.25, 0.3) is 11.8 Å². The highest BCUT2D eigenvalue weighted by Gasteiger charge is 2.16. The highest BCUT2D eigenvalue weighted by Crippen LogP contribution is 2.13. The van der Waals surface area contributed by atoms with Gasteiger partial charge in [-0.15, -0.1) is 0 Å². The fraction of sp³-hybridized carbons (Fsp3) is 0.211. The molecule has 0 spiro atoms. The lowest BCUT2D eigenvalue weighted by Crippen LogP contribution is -2.47. The maximum atomic E-state index is 12.9. The third kappa shape index (κ3) is 6.27. The van der Waals surface area contributed by atoms with Crippen LogP contribution in [0, 0.1) is 5.82 Å². The first kappa shape index (κ1) is 20.7. The van der Waals surface area contributed by atoms with Gasteiger partial charge in [0.2, 0.25) is 0 Å². The van der Waals surface area contributed by atoms with E-state index in [9.17, 15) is 18.8 Å². The van der Waals surface area contributed by atoms with Crippen molar-refractivity contribution in [2.24, 2.45) is 0 Å². The van der Waals surface area contributed by atoms with Gasteiger partial charge in [-0.1, -0.05) is 6.07 Å². The number of benzene rings is 2. The van der Waals surface area contributed by atoms with Gasteiger partial charge in [-0.25, -0.2) is 9.18 Å². The van der Waals surface area contributed by atoms with Crippen LogP contribution in [0.1, 0.15) is 24.2 Å². The van der Waals surface area contributed by atoms with Crippen molar-refractivity contribution in [3.8, 4) is 5.75 Å². The summed E-state index contributed by atoms with van der Waals surface area (Å²) in [5, 5.41) is 2.48. The Kier molecular flexibility index (Phi) is 7.32. The molecule has 0 saturated carbocycles. The number of anilines is 1. The number of rotatable bonds is 6. The van der Waals surface area contributed by atoms with Crippen molar-refractivity contribution >= 4 is 23.6 Å². The van der Waals surface area contributed by atoms with Crippen molar-refractivity contribution in [1.29, 1.82) is 0 Å². The largest absolute Gasteiger partial charge is 0.481 e. The Bertz CT molecular complexity index is 842. The van der Waals surface area contributed by atoms with Crippen LogP contribution in [0.25, 0.3) is 0 Å². The van der Waals surface area contributed by atoms with Crippen molar-refractivity contribution < 1.29 is 28.2 Å². The van der Waals surface area contributed by atoms with Gasteiger partial charge < -0.3 is 9.47 Å². The first-order valence-corrected chi connectivity index (χ1v) is 8.45. The molecule has 9 heteroatoms. The summed E-state index contributed by atoms with van der Waals surface area (Å²) in [5.74, 6) is -1.29. The van der Waals surface area contributed by atoms with E-state index in [2.05, 4.69) is 16.2 Å². The minimum Gasteiger partial charge on any atom is -0.481 e. The molecule has 0 heterocycles. The van der Waals surface area contributed by atoms with E-state index in [1.807, 2.05) is 0 Å². The van der Waals surface area contributed by atoms with Crippen LogP contribution in [0.3, 0.4) is 0 Å². The summed E-state index contributed by atoms with van der Waals surface area (Å²) >= 11 is 0. The molecule has 2 aromatic rings. The molecule has 0 aliphatic rings. The summed E-state index contributed by atoms with van der Waals surface area (Å²) in [6.45, 7) is 3.37. The number of hydrazine groups is 1. The van der Waals surface area contributed by atoms with Crippen molar-refractivity contribution in [2.45, 2.75) is 20.0 Å². The molecule has 0 aromatic heterocycles. The Labute approximate surface area is 161 Å². The van der Waals surface area contributed by atoms with Gasteiger partial charge in [0.15, 0.2) is 6.10 Å². The van der Waals surface area contributed by atoms with E-state index in [0.717, 1.165) is 0 Å². The topological polar surface area (TPSA) is 106 Å². The summed E-state index contributed by atoms with van der Waals surface area (Å²) in [4.78, 5) is 35.6. The minimum absolute atomic E-state index is 0.210. The third-order valence-electron chi connectivity index (χ3n) is 3.44. The first-order valence-electron chi connectivity index (χ1n) is 8.45. The SMILES string of the molecule is CCOC(=O)Nc1cccc(C(=O)NNC(=O)[C@@H](C)Oc2ccc(F)cc2)c1. The minimum atomic E-state index is -0.928. The lowest BCUT2D eigenvalue weighted by atomic mass is 10.2. The van der Waals surface area contributed by atoms with Crippen molar-refractivity contribution in [3.05, 3.63) is 59.9 Å². The van der Waals surface area contributed by atoms with Gasteiger partial charge in [-0.3, -0.25) is 25.8 Å². The average Bonchev–Trinajstić information content (AvgIpc) is 2.68. The Morgan fingerprint density at radius 1 is 1.07 bits per heavy atom. The van der Waals surface area contributed by atoms with Crippen LogP contribution in [0.4, 0.5) is 14.9 Å². The highest BCUT2D eigenvalue weighted by molar-refractivity contribution is 5.97. The average molecular weight is 389 g/mol. The van der Waals surface area contributed by atoms with Crippen LogP contribution in [0.15, 0.2) is 48.5 Å². The summed E-state index contributed by atoms with van der Waals surface area (Å²) < 4.78 is 23.0. The maximum absolute atomic E-state index is 12.9. The normalized spacial score (nSPS) is 11.1. The molecule has 1 atom stereocenters. The standard InChI is InChI=1S/C19H20FN3O5/c1-3-27-19(26)21-15-6-4-5-13(11-15)18(25)23-22-17(24)12(2)28-16-9-7-14(20)8-10-16/h4-12H,3H2,1-2H3,(H,21,26)(H,22,24)(H,23,25)/t12-/m1/s1. The number of carbonyl (C=O) groups is 3. The third-order valence-corrected chi connectivity index (χ3v) is 3.44. The van der Waals surface area contributed by atoms with E-state index < -0.39 is 29.8 Å². The molecule has 0 saturated heterocycles. The fourth-order valence-electron chi connectivity index (χ4n) is 2.09. The molecule has 148 valence electrons. The smallest absolute Gasteiger partial charge is 0.411 e. The van der Waals surface area contributed by atoms with Gasteiger partial charge in [-0.05, 0) is 56.3 Å². The summed E-state index contributed by atoms with van der Waals surface area (Å²) in [6.07, 6.45) is -1.57. The Morgan fingerprint density at radius 2 is 1.79 bits per heavy atom. The predicted octanol–water partition coefficient (Wildman–Crippen LogP) is 2.62. The molecule has 0 unspecified atom stereocenters. The van der Waals surface area contributed by atoms with Crippen molar-refractivity contribution in [2.75, 3.05) is 11.9 Å². The quantitative estimate of drug-likeness (QED) is 0.659. The zero-order chi connectivity index (χ0) is 20.5. The van der Waals surface area contributed by atoms with Crippen LogP contribution in [-0.4, -0.2) is 30.6 Å². The number of hydrogen-bond acceptors (Lipinski definition) is 5. The molecule has 2 rings (SSSR count). The van der Waals surface area contributed by atoms with Gasteiger partial charge in [-0.2, -0.15) is 0 Å². The molecule has 0 aliphatic carbocycles. The van der Waals surface area contributed by atoms with E-state index >= 15 is 0 Å². The molecular weight excluding hydrogens is 369 g/mol. The summed E-state index contributed by atoms with van der Waals surface area (Å²) in [5.41, 5.74) is 5.08. The van der Waals surface area contributed by atoms with Crippen LogP contribution in [0.2, 0.25) is 0 Å².